The maximum absolute atomic E-state index is 13.6. The van der Waals surface area contributed by atoms with Gasteiger partial charge in [0, 0.05) is 15.6 Å². The lowest BCUT2D eigenvalue weighted by atomic mass is 10.2. The van der Waals surface area contributed by atoms with Crippen LogP contribution in [0.2, 0.25) is 0 Å². The fourth-order valence-electron chi connectivity index (χ4n) is 2.60. The lowest BCUT2D eigenvalue weighted by Gasteiger charge is -2.41. The van der Waals surface area contributed by atoms with Crippen LogP contribution in [0.25, 0.3) is 6.08 Å². The lowest BCUT2D eigenvalue weighted by molar-refractivity contribution is 0.527. The van der Waals surface area contributed by atoms with Crippen molar-refractivity contribution in [2.75, 3.05) is 0 Å². The molecule has 0 saturated heterocycles. The predicted molar refractivity (Wildman–Crippen MR) is 83.3 cm³/mol. The fraction of sp³-hybridized carbons (Fsp3) is 0.500. The molecule has 1 rings (SSSR count). The number of hydrogen-bond acceptors (Lipinski definition) is 1. The van der Waals surface area contributed by atoms with Gasteiger partial charge in [-0.25, -0.2) is 0 Å². The average Bonchev–Trinajstić information content (AvgIpc) is 2.25. The highest BCUT2D eigenvalue weighted by Gasteiger charge is 2.47. The molecule has 0 unspecified atom stereocenters. The molecule has 1 nitrogen and oxygen atoms in total. The molecule has 0 aliphatic carbocycles. The van der Waals surface area contributed by atoms with E-state index in [4.69, 9.17) is 0 Å². The molecule has 0 spiro atoms. The maximum atomic E-state index is 13.6. The quantitative estimate of drug-likeness (QED) is 0.693. The van der Waals surface area contributed by atoms with Gasteiger partial charge in [-0.2, -0.15) is 0 Å². The lowest BCUT2D eigenvalue weighted by Crippen LogP contribution is -2.34. The first-order chi connectivity index (χ1) is 8.04. The summed E-state index contributed by atoms with van der Waals surface area (Å²) in [6.45, 7) is 16.2. The van der Waals surface area contributed by atoms with Crippen molar-refractivity contribution in [3.63, 3.8) is 0 Å². The van der Waals surface area contributed by atoms with E-state index in [1.807, 2.05) is 30.3 Å². The van der Waals surface area contributed by atoms with Crippen molar-refractivity contribution < 1.29 is 4.57 Å². The van der Waals surface area contributed by atoms with Crippen molar-refractivity contribution in [1.82, 2.24) is 0 Å². The second-order valence-electron chi connectivity index (χ2n) is 6.75. The molecule has 0 radical (unpaired) electrons. The Morgan fingerprint density at radius 2 is 1.33 bits per heavy atom. The monoisotopic (exact) mass is 264 g/mol. The first-order valence-electron chi connectivity index (χ1n) is 6.37. The standard InChI is InChI=1S/C16H25OP/c1-8-13-9-11-14(12-10-13)18(17,15(2,3)4)16(5,6)7/h8-12H,1H2,2-7H3. The molecular weight excluding hydrogens is 239 g/mol. The third-order valence-corrected chi connectivity index (χ3v) is 8.19. The van der Waals surface area contributed by atoms with Crippen molar-refractivity contribution in [2.24, 2.45) is 0 Å². The van der Waals surface area contributed by atoms with Gasteiger partial charge >= 0.3 is 0 Å². The van der Waals surface area contributed by atoms with Crippen LogP contribution in [0.15, 0.2) is 30.8 Å². The van der Waals surface area contributed by atoms with Crippen molar-refractivity contribution in [3.8, 4) is 0 Å². The molecule has 0 aliphatic heterocycles. The largest absolute Gasteiger partial charge is 0.318 e. The van der Waals surface area contributed by atoms with Gasteiger partial charge in [-0.3, -0.25) is 0 Å². The minimum atomic E-state index is -2.50. The van der Waals surface area contributed by atoms with Gasteiger partial charge in [0.15, 0.2) is 0 Å². The Balaban J connectivity index is 3.46. The van der Waals surface area contributed by atoms with E-state index in [-0.39, 0.29) is 10.3 Å². The van der Waals surface area contributed by atoms with Gasteiger partial charge in [0.05, 0.1) is 0 Å². The summed E-state index contributed by atoms with van der Waals surface area (Å²) in [4.78, 5) is 0. The van der Waals surface area contributed by atoms with Crippen LogP contribution in [-0.2, 0) is 4.57 Å². The van der Waals surface area contributed by atoms with E-state index < -0.39 is 7.14 Å². The number of benzene rings is 1. The van der Waals surface area contributed by atoms with E-state index >= 15 is 0 Å². The number of rotatable bonds is 2. The van der Waals surface area contributed by atoms with Gasteiger partial charge < -0.3 is 4.57 Å². The highest BCUT2D eigenvalue weighted by molar-refractivity contribution is 7.74. The molecule has 18 heavy (non-hydrogen) atoms. The molecule has 0 aliphatic rings. The Bertz CT molecular complexity index is 451. The first kappa shape index (κ1) is 15.2. The zero-order valence-corrected chi connectivity index (χ0v) is 13.3. The zero-order chi connectivity index (χ0) is 14.2. The van der Waals surface area contributed by atoms with E-state index in [9.17, 15) is 4.57 Å². The summed E-state index contributed by atoms with van der Waals surface area (Å²) in [5.41, 5.74) is 1.06. The van der Waals surface area contributed by atoms with Crippen LogP contribution >= 0.6 is 7.14 Å². The Morgan fingerprint density at radius 3 is 1.61 bits per heavy atom. The van der Waals surface area contributed by atoms with E-state index in [0.717, 1.165) is 10.9 Å². The summed E-state index contributed by atoms with van der Waals surface area (Å²) in [5, 5.41) is 0.495. The fourth-order valence-corrected chi connectivity index (χ4v) is 6.73. The molecule has 0 amide bonds. The normalized spacial score (nSPS) is 13.4. The summed E-state index contributed by atoms with van der Waals surface area (Å²) in [6.07, 6.45) is 1.81. The zero-order valence-electron chi connectivity index (χ0n) is 12.4. The minimum absolute atomic E-state index is 0.235. The molecule has 0 atom stereocenters. The van der Waals surface area contributed by atoms with Crippen LogP contribution in [0.3, 0.4) is 0 Å². The van der Waals surface area contributed by atoms with Crippen LogP contribution in [0.5, 0.6) is 0 Å². The Labute approximate surface area is 112 Å². The van der Waals surface area contributed by atoms with Crippen LogP contribution in [-0.4, -0.2) is 10.3 Å². The molecule has 100 valence electrons. The van der Waals surface area contributed by atoms with Gasteiger partial charge in [-0.15, -0.1) is 0 Å². The SMILES string of the molecule is C=Cc1ccc(P(=O)(C(C)(C)C)C(C)(C)C)cc1. The Kier molecular flexibility index (Phi) is 3.98. The van der Waals surface area contributed by atoms with Crippen molar-refractivity contribution in [2.45, 2.75) is 51.9 Å². The van der Waals surface area contributed by atoms with Crippen molar-refractivity contribution in [3.05, 3.63) is 36.4 Å². The van der Waals surface area contributed by atoms with Gasteiger partial charge in [0.2, 0.25) is 0 Å². The molecule has 0 bridgehead atoms. The topological polar surface area (TPSA) is 17.1 Å². The number of hydrogen-bond donors (Lipinski definition) is 0. The summed E-state index contributed by atoms with van der Waals surface area (Å²) in [6, 6.07) is 7.97. The smallest absolute Gasteiger partial charge is 0.125 e. The first-order valence-corrected chi connectivity index (χ1v) is 8.08. The van der Waals surface area contributed by atoms with E-state index in [1.54, 1.807) is 0 Å². The van der Waals surface area contributed by atoms with Crippen LogP contribution in [0, 0.1) is 0 Å². The van der Waals surface area contributed by atoms with Crippen molar-refractivity contribution >= 4 is 18.5 Å². The second kappa shape index (κ2) is 4.70. The molecule has 0 saturated carbocycles. The molecule has 1 aromatic rings. The summed E-state index contributed by atoms with van der Waals surface area (Å²) in [5.74, 6) is 0. The van der Waals surface area contributed by atoms with Gasteiger partial charge in [0.1, 0.15) is 7.14 Å². The summed E-state index contributed by atoms with van der Waals surface area (Å²) >= 11 is 0. The average molecular weight is 264 g/mol. The van der Waals surface area contributed by atoms with Gasteiger partial charge in [0.25, 0.3) is 0 Å². The molecular formula is C16H25OP. The van der Waals surface area contributed by atoms with E-state index in [1.165, 1.54) is 0 Å². The van der Waals surface area contributed by atoms with Crippen LogP contribution in [0.4, 0.5) is 0 Å². The molecule has 0 heterocycles. The predicted octanol–water partition coefficient (Wildman–Crippen LogP) is 4.92. The Morgan fingerprint density at radius 1 is 0.944 bits per heavy atom. The van der Waals surface area contributed by atoms with Gasteiger partial charge in [-0.1, -0.05) is 78.5 Å². The second-order valence-corrected chi connectivity index (χ2v) is 11.2. The molecule has 0 fully saturated rings. The third-order valence-electron chi connectivity index (χ3n) is 3.38. The summed E-state index contributed by atoms with van der Waals surface area (Å²) < 4.78 is 13.6. The highest BCUT2D eigenvalue weighted by atomic mass is 31.2. The molecule has 0 N–H and O–H groups in total. The Hall–Kier alpha value is -0.810. The molecule has 1 aromatic carbocycles. The van der Waals surface area contributed by atoms with Crippen molar-refractivity contribution in [1.29, 1.82) is 0 Å². The molecule has 0 aromatic heterocycles. The highest BCUT2D eigenvalue weighted by Crippen LogP contribution is 2.65. The van der Waals surface area contributed by atoms with Crippen LogP contribution < -0.4 is 5.30 Å². The molecule has 2 heteroatoms. The third kappa shape index (κ3) is 2.47. The summed E-state index contributed by atoms with van der Waals surface area (Å²) in [7, 11) is -2.50. The van der Waals surface area contributed by atoms with E-state index in [0.29, 0.717) is 0 Å². The van der Waals surface area contributed by atoms with Crippen LogP contribution in [0.1, 0.15) is 47.1 Å². The van der Waals surface area contributed by atoms with Gasteiger partial charge in [-0.05, 0) is 5.56 Å². The maximum Gasteiger partial charge on any atom is 0.125 e. The minimum Gasteiger partial charge on any atom is -0.318 e. The van der Waals surface area contributed by atoms with E-state index in [2.05, 4.69) is 48.1 Å².